The normalized spacial score (nSPS) is 17.1. The molecular formula is C22H29ClN6O2. The molecule has 0 radical (unpaired) electrons. The molecule has 1 aromatic heterocycles. The van der Waals surface area contributed by atoms with Gasteiger partial charge in [0.15, 0.2) is 0 Å². The number of fused-ring (bicyclic) bond motifs is 1. The molecule has 1 N–H and O–H groups in total. The van der Waals surface area contributed by atoms with Gasteiger partial charge >= 0.3 is 0 Å². The standard InChI is InChI=1S/C22H29ClN6O2/c1-16-3-4-18(23)14-19(16)27-11-9-26(10-12-27)8-6-24-20(30)15-28-21-13-17(2)25-29(21)7-5-22(28)31/h3-4,13-14H,5-12,15H2,1-2H3,(H,24,30). The summed E-state index contributed by atoms with van der Waals surface area (Å²) in [6, 6.07) is 7.86. The average molecular weight is 445 g/mol. The highest BCUT2D eigenvalue weighted by atomic mass is 35.5. The second-order valence-corrected chi connectivity index (χ2v) is 8.64. The molecule has 2 aliphatic heterocycles. The summed E-state index contributed by atoms with van der Waals surface area (Å²) in [5.74, 6) is 0.528. The number of aromatic nitrogens is 2. The molecule has 2 amide bonds. The molecule has 2 aromatic rings. The lowest BCUT2D eigenvalue weighted by Gasteiger charge is -2.37. The van der Waals surface area contributed by atoms with Crippen LogP contribution in [0.3, 0.4) is 0 Å². The molecule has 9 heteroatoms. The number of piperazine rings is 1. The number of benzene rings is 1. The van der Waals surface area contributed by atoms with Crippen LogP contribution in [0.5, 0.6) is 0 Å². The molecule has 0 spiro atoms. The Hall–Kier alpha value is -2.58. The first-order chi connectivity index (χ1) is 14.9. The highest BCUT2D eigenvalue weighted by molar-refractivity contribution is 6.30. The minimum Gasteiger partial charge on any atom is -0.369 e. The van der Waals surface area contributed by atoms with Crippen LogP contribution in [-0.2, 0) is 16.1 Å². The largest absolute Gasteiger partial charge is 0.369 e. The van der Waals surface area contributed by atoms with Gasteiger partial charge in [-0.15, -0.1) is 0 Å². The van der Waals surface area contributed by atoms with E-state index >= 15 is 0 Å². The first-order valence-electron chi connectivity index (χ1n) is 10.8. The lowest BCUT2D eigenvalue weighted by Crippen LogP contribution is -2.49. The van der Waals surface area contributed by atoms with Crippen molar-refractivity contribution < 1.29 is 9.59 Å². The van der Waals surface area contributed by atoms with E-state index in [0.717, 1.165) is 43.4 Å². The Bertz CT molecular complexity index is 967. The van der Waals surface area contributed by atoms with E-state index in [1.165, 1.54) is 16.2 Å². The third-order valence-corrected chi connectivity index (χ3v) is 6.17. The summed E-state index contributed by atoms with van der Waals surface area (Å²) < 4.78 is 1.80. The number of halogens is 1. The Morgan fingerprint density at radius 1 is 1.13 bits per heavy atom. The van der Waals surface area contributed by atoms with E-state index < -0.39 is 0 Å². The van der Waals surface area contributed by atoms with E-state index in [9.17, 15) is 9.59 Å². The molecule has 0 atom stereocenters. The third kappa shape index (κ3) is 5.02. The summed E-state index contributed by atoms with van der Waals surface area (Å²) in [6.45, 7) is 9.69. The molecule has 3 heterocycles. The first-order valence-corrected chi connectivity index (χ1v) is 11.1. The van der Waals surface area contributed by atoms with E-state index in [0.29, 0.717) is 25.3 Å². The molecular weight excluding hydrogens is 416 g/mol. The molecule has 4 rings (SSSR count). The number of rotatable bonds is 6. The Morgan fingerprint density at radius 2 is 1.90 bits per heavy atom. The number of anilines is 2. The highest BCUT2D eigenvalue weighted by Crippen LogP contribution is 2.25. The predicted molar refractivity (Wildman–Crippen MR) is 122 cm³/mol. The quantitative estimate of drug-likeness (QED) is 0.735. The van der Waals surface area contributed by atoms with Crippen molar-refractivity contribution in [3.63, 3.8) is 0 Å². The number of hydrogen-bond acceptors (Lipinski definition) is 5. The van der Waals surface area contributed by atoms with Gasteiger partial charge in [0.2, 0.25) is 11.8 Å². The van der Waals surface area contributed by atoms with Gasteiger partial charge in [0, 0.05) is 62.5 Å². The van der Waals surface area contributed by atoms with Crippen molar-refractivity contribution in [1.82, 2.24) is 20.0 Å². The Kier molecular flexibility index (Phi) is 6.48. The van der Waals surface area contributed by atoms with Gasteiger partial charge in [0.25, 0.3) is 0 Å². The third-order valence-electron chi connectivity index (χ3n) is 5.93. The number of carbonyl (C=O) groups excluding carboxylic acids is 2. The van der Waals surface area contributed by atoms with Crippen LogP contribution >= 0.6 is 11.6 Å². The maximum absolute atomic E-state index is 12.4. The Balaban J connectivity index is 1.22. The summed E-state index contributed by atoms with van der Waals surface area (Å²) >= 11 is 6.16. The van der Waals surface area contributed by atoms with Gasteiger partial charge in [-0.2, -0.15) is 5.10 Å². The zero-order chi connectivity index (χ0) is 22.0. The number of carbonyl (C=O) groups is 2. The Morgan fingerprint density at radius 3 is 2.68 bits per heavy atom. The lowest BCUT2D eigenvalue weighted by atomic mass is 10.1. The summed E-state index contributed by atoms with van der Waals surface area (Å²) in [4.78, 5) is 31.0. The molecule has 166 valence electrons. The molecule has 2 aliphatic rings. The number of aryl methyl sites for hydroxylation is 3. The molecule has 1 aromatic carbocycles. The SMILES string of the molecule is Cc1cc2n(n1)CCC(=O)N2CC(=O)NCCN1CCN(c2cc(Cl)ccc2C)CC1. The van der Waals surface area contributed by atoms with Crippen molar-refractivity contribution in [2.45, 2.75) is 26.8 Å². The van der Waals surface area contributed by atoms with Crippen LogP contribution in [0, 0.1) is 13.8 Å². The lowest BCUT2D eigenvalue weighted by molar-refractivity contribution is -0.124. The van der Waals surface area contributed by atoms with Crippen LogP contribution < -0.4 is 15.1 Å². The van der Waals surface area contributed by atoms with E-state index in [-0.39, 0.29) is 18.4 Å². The number of nitrogens with zero attached hydrogens (tertiary/aromatic N) is 5. The molecule has 1 saturated heterocycles. The second-order valence-electron chi connectivity index (χ2n) is 8.21. The van der Waals surface area contributed by atoms with E-state index in [4.69, 9.17) is 11.6 Å². The maximum atomic E-state index is 12.4. The van der Waals surface area contributed by atoms with Crippen molar-refractivity contribution in [3.05, 3.63) is 40.5 Å². The van der Waals surface area contributed by atoms with Crippen molar-refractivity contribution in [2.24, 2.45) is 0 Å². The van der Waals surface area contributed by atoms with Crippen LogP contribution in [0.1, 0.15) is 17.7 Å². The fraction of sp³-hybridized carbons (Fsp3) is 0.500. The topological polar surface area (TPSA) is 73.7 Å². The fourth-order valence-corrected chi connectivity index (χ4v) is 4.40. The van der Waals surface area contributed by atoms with Crippen molar-refractivity contribution in [3.8, 4) is 0 Å². The number of hydrogen-bond donors (Lipinski definition) is 1. The van der Waals surface area contributed by atoms with Crippen LogP contribution in [0.2, 0.25) is 5.02 Å². The minimum atomic E-state index is -0.145. The second kappa shape index (κ2) is 9.28. The van der Waals surface area contributed by atoms with Gasteiger partial charge in [0.05, 0.1) is 12.2 Å². The molecule has 0 aliphatic carbocycles. The zero-order valence-corrected chi connectivity index (χ0v) is 18.9. The van der Waals surface area contributed by atoms with Crippen LogP contribution in [0.15, 0.2) is 24.3 Å². The van der Waals surface area contributed by atoms with Gasteiger partial charge in [-0.3, -0.25) is 19.4 Å². The summed E-state index contributed by atoms with van der Waals surface area (Å²) in [5, 5.41) is 8.10. The summed E-state index contributed by atoms with van der Waals surface area (Å²) in [7, 11) is 0. The van der Waals surface area contributed by atoms with Gasteiger partial charge in [-0.1, -0.05) is 17.7 Å². The average Bonchev–Trinajstić information content (AvgIpc) is 3.13. The van der Waals surface area contributed by atoms with Gasteiger partial charge in [-0.25, -0.2) is 4.68 Å². The molecule has 0 saturated carbocycles. The van der Waals surface area contributed by atoms with Crippen molar-refractivity contribution >= 4 is 34.9 Å². The maximum Gasteiger partial charge on any atom is 0.240 e. The molecule has 0 bridgehead atoms. The van der Waals surface area contributed by atoms with Gasteiger partial charge in [0.1, 0.15) is 12.4 Å². The van der Waals surface area contributed by atoms with Crippen LogP contribution in [-0.4, -0.2) is 72.3 Å². The van der Waals surface area contributed by atoms with Crippen LogP contribution in [0.25, 0.3) is 0 Å². The fourth-order valence-electron chi connectivity index (χ4n) is 4.24. The molecule has 8 nitrogen and oxygen atoms in total. The van der Waals surface area contributed by atoms with Gasteiger partial charge in [-0.05, 0) is 31.5 Å². The van der Waals surface area contributed by atoms with Crippen molar-refractivity contribution in [1.29, 1.82) is 0 Å². The van der Waals surface area contributed by atoms with Gasteiger partial charge < -0.3 is 10.2 Å². The van der Waals surface area contributed by atoms with E-state index in [1.807, 2.05) is 25.1 Å². The van der Waals surface area contributed by atoms with E-state index in [2.05, 4.69) is 33.2 Å². The minimum absolute atomic E-state index is 0.0324. The molecule has 31 heavy (non-hydrogen) atoms. The highest BCUT2D eigenvalue weighted by Gasteiger charge is 2.27. The molecule has 0 unspecified atom stereocenters. The number of amides is 2. The first kappa shape index (κ1) is 21.6. The number of nitrogens with one attached hydrogen (secondary N) is 1. The summed E-state index contributed by atoms with van der Waals surface area (Å²) in [5.41, 5.74) is 3.28. The van der Waals surface area contributed by atoms with E-state index in [1.54, 1.807) is 4.68 Å². The zero-order valence-electron chi connectivity index (χ0n) is 18.1. The predicted octanol–water partition coefficient (Wildman–Crippen LogP) is 1.83. The molecule has 1 fully saturated rings. The summed E-state index contributed by atoms with van der Waals surface area (Å²) in [6.07, 6.45) is 0.373. The van der Waals surface area contributed by atoms with Crippen molar-refractivity contribution in [2.75, 3.05) is 55.6 Å². The monoisotopic (exact) mass is 444 g/mol. The Labute approximate surface area is 187 Å². The van der Waals surface area contributed by atoms with Crippen LogP contribution in [0.4, 0.5) is 11.5 Å². The smallest absolute Gasteiger partial charge is 0.240 e.